The average Bonchev–Trinajstić information content (AvgIpc) is 3.04. The second-order valence-electron chi connectivity index (χ2n) is 5.14. The molecule has 3 rings (SSSR count). The molecule has 0 spiro atoms. The molecular weight excluding hydrogens is 246 g/mol. The summed E-state index contributed by atoms with van der Waals surface area (Å²) >= 11 is 5.23. The lowest BCUT2D eigenvalue weighted by molar-refractivity contribution is 0.389. The monoisotopic (exact) mass is 263 g/mol. The fourth-order valence-electron chi connectivity index (χ4n) is 3.14. The lowest BCUT2D eigenvalue weighted by Crippen LogP contribution is -2.42. The van der Waals surface area contributed by atoms with Crippen molar-refractivity contribution in [3.8, 4) is 0 Å². The summed E-state index contributed by atoms with van der Waals surface area (Å²) < 4.78 is 5.14. The molecule has 2 aliphatic rings. The standard InChI is InChI=1S/C13H17N3OS/c18-13(16-14-8-11-2-1-5-17-11)15-12-7-9-3-4-10(12)6-9/h1-2,5,8-10,12H,3-4,6-7H2,(H2,15,16,18)/b14-8-/t9-,10-,12-/m0/s1. The van der Waals surface area contributed by atoms with Crippen molar-refractivity contribution >= 4 is 23.5 Å². The van der Waals surface area contributed by atoms with Gasteiger partial charge in [-0.15, -0.1) is 0 Å². The molecular formula is C13H17N3OS. The summed E-state index contributed by atoms with van der Waals surface area (Å²) in [4.78, 5) is 0. The third kappa shape index (κ3) is 2.56. The number of nitrogens with zero attached hydrogens (tertiary/aromatic N) is 1. The van der Waals surface area contributed by atoms with Crippen LogP contribution in [0.2, 0.25) is 0 Å². The Morgan fingerprint density at radius 3 is 3.06 bits per heavy atom. The summed E-state index contributed by atoms with van der Waals surface area (Å²) in [5.74, 6) is 2.44. The van der Waals surface area contributed by atoms with Gasteiger partial charge < -0.3 is 9.73 Å². The largest absolute Gasteiger partial charge is 0.463 e. The van der Waals surface area contributed by atoms with Gasteiger partial charge in [0.2, 0.25) is 0 Å². The topological polar surface area (TPSA) is 49.6 Å². The zero-order valence-corrected chi connectivity index (χ0v) is 11.0. The van der Waals surface area contributed by atoms with Gasteiger partial charge in [0.15, 0.2) is 5.11 Å². The van der Waals surface area contributed by atoms with Crippen LogP contribution in [0.25, 0.3) is 0 Å². The van der Waals surface area contributed by atoms with E-state index in [1.165, 1.54) is 25.7 Å². The van der Waals surface area contributed by atoms with Crippen LogP contribution in [-0.4, -0.2) is 17.4 Å². The molecule has 5 heteroatoms. The molecule has 0 unspecified atom stereocenters. The molecule has 1 heterocycles. The van der Waals surface area contributed by atoms with Crippen LogP contribution in [0.4, 0.5) is 0 Å². The van der Waals surface area contributed by atoms with Gasteiger partial charge in [-0.05, 0) is 55.4 Å². The molecule has 2 aliphatic carbocycles. The maximum Gasteiger partial charge on any atom is 0.187 e. The summed E-state index contributed by atoms with van der Waals surface area (Å²) in [5, 5.41) is 8.02. The zero-order valence-electron chi connectivity index (χ0n) is 10.1. The summed E-state index contributed by atoms with van der Waals surface area (Å²) in [7, 11) is 0. The molecule has 2 fully saturated rings. The van der Waals surface area contributed by atoms with E-state index in [9.17, 15) is 0 Å². The maximum absolute atomic E-state index is 5.23. The SMILES string of the molecule is S=C(N/N=C\c1ccco1)N[C@H]1C[C@H]2CC[C@H]1C2. The Balaban J connectivity index is 1.45. The van der Waals surface area contributed by atoms with Crippen LogP contribution in [0.15, 0.2) is 27.9 Å². The van der Waals surface area contributed by atoms with Crippen LogP contribution < -0.4 is 10.7 Å². The molecule has 0 radical (unpaired) electrons. The van der Waals surface area contributed by atoms with Crippen molar-refractivity contribution in [3.05, 3.63) is 24.2 Å². The Bertz CT molecular complexity index is 443. The van der Waals surface area contributed by atoms with Crippen LogP contribution in [0, 0.1) is 11.8 Å². The van der Waals surface area contributed by atoms with Crippen molar-refractivity contribution in [1.29, 1.82) is 0 Å². The van der Waals surface area contributed by atoms with Crippen LogP contribution in [0.3, 0.4) is 0 Å². The maximum atomic E-state index is 5.23. The van der Waals surface area contributed by atoms with E-state index in [4.69, 9.17) is 16.6 Å². The molecule has 1 aromatic heterocycles. The number of hydrazone groups is 1. The van der Waals surface area contributed by atoms with Crippen LogP contribution >= 0.6 is 12.2 Å². The molecule has 18 heavy (non-hydrogen) atoms. The van der Waals surface area contributed by atoms with Gasteiger partial charge in [0, 0.05) is 6.04 Å². The van der Waals surface area contributed by atoms with Crippen LogP contribution in [0.5, 0.6) is 0 Å². The molecule has 2 bridgehead atoms. The number of hydrogen-bond acceptors (Lipinski definition) is 3. The van der Waals surface area contributed by atoms with E-state index in [1.807, 2.05) is 12.1 Å². The van der Waals surface area contributed by atoms with Crippen LogP contribution in [0.1, 0.15) is 31.4 Å². The molecule has 0 aromatic carbocycles. The first-order valence-corrected chi connectivity index (χ1v) is 6.85. The first kappa shape index (κ1) is 11.7. The Morgan fingerprint density at radius 2 is 2.39 bits per heavy atom. The third-order valence-electron chi connectivity index (χ3n) is 3.96. The Labute approximate surface area is 112 Å². The smallest absolute Gasteiger partial charge is 0.187 e. The molecule has 0 saturated heterocycles. The molecule has 0 amide bonds. The fraction of sp³-hybridized carbons (Fsp3) is 0.538. The minimum Gasteiger partial charge on any atom is -0.463 e. The van der Waals surface area contributed by atoms with E-state index in [0.29, 0.717) is 16.9 Å². The highest BCUT2D eigenvalue weighted by Gasteiger charge is 2.39. The summed E-state index contributed by atoms with van der Waals surface area (Å²) in [6.45, 7) is 0. The number of hydrogen-bond donors (Lipinski definition) is 2. The molecule has 1 aromatic rings. The van der Waals surface area contributed by atoms with E-state index >= 15 is 0 Å². The Hall–Kier alpha value is -1.36. The van der Waals surface area contributed by atoms with Crippen molar-refractivity contribution in [1.82, 2.24) is 10.7 Å². The van der Waals surface area contributed by atoms with E-state index in [0.717, 1.165) is 11.8 Å². The van der Waals surface area contributed by atoms with Crippen molar-refractivity contribution in [2.24, 2.45) is 16.9 Å². The highest BCUT2D eigenvalue weighted by atomic mass is 32.1. The van der Waals surface area contributed by atoms with Gasteiger partial charge >= 0.3 is 0 Å². The second kappa shape index (κ2) is 5.10. The minimum absolute atomic E-state index is 0.544. The molecule has 4 nitrogen and oxygen atoms in total. The van der Waals surface area contributed by atoms with Gasteiger partial charge in [0.25, 0.3) is 0 Å². The van der Waals surface area contributed by atoms with Crippen LogP contribution in [-0.2, 0) is 0 Å². The Morgan fingerprint density at radius 1 is 1.44 bits per heavy atom. The van der Waals surface area contributed by atoms with Gasteiger partial charge in [-0.3, -0.25) is 5.43 Å². The minimum atomic E-state index is 0.544. The third-order valence-corrected chi connectivity index (χ3v) is 4.16. The average molecular weight is 263 g/mol. The highest BCUT2D eigenvalue weighted by Crippen LogP contribution is 2.44. The number of furan rings is 1. The van der Waals surface area contributed by atoms with Gasteiger partial charge in [-0.25, -0.2) is 0 Å². The van der Waals surface area contributed by atoms with Crippen molar-refractivity contribution in [2.75, 3.05) is 0 Å². The fourth-order valence-corrected chi connectivity index (χ4v) is 3.35. The van der Waals surface area contributed by atoms with Gasteiger partial charge in [-0.1, -0.05) is 6.42 Å². The summed E-state index contributed by atoms with van der Waals surface area (Å²) in [5.41, 5.74) is 2.84. The van der Waals surface area contributed by atoms with Gasteiger partial charge in [0.1, 0.15) is 5.76 Å². The predicted molar refractivity (Wildman–Crippen MR) is 74.4 cm³/mol. The van der Waals surface area contributed by atoms with Gasteiger partial charge in [-0.2, -0.15) is 5.10 Å². The second-order valence-corrected chi connectivity index (χ2v) is 5.55. The zero-order chi connectivity index (χ0) is 12.4. The first-order valence-electron chi connectivity index (χ1n) is 6.44. The summed E-state index contributed by atoms with van der Waals surface area (Å²) in [6, 6.07) is 4.22. The lowest BCUT2D eigenvalue weighted by Gasteiger charge is -2.23. The first-order chi connectivity index (χ1) is 8.81. The number of nitrogens with one attached hydrogen (secondary N) is 2. The molecule has 2 N–H and O–H groups in total. The van der Waals surface area contributed by atoms with E-state index < -0.39 is 0 Å². The Kier molecular flexibility index (Phi) is 3.32. The number of fused-ring (bicyclic) bond motifs is 2. The van der Waals surface area contributed by atoms with E-state index in [1.54, 1.807) is 12.5 Å². The molecule has 0 aliphatic heterocycles. The van der Waals surface area contributed by atoms with Gasteiger partial charge in [0.05, 0.1) is 12.5 Å². The quantitative estimate of drug-likeness (QED) is 0.499. The lowest BCUT2D eigenvalue weighted by atomic mass is 9.96. The number of rotatable bonds is 3. The van der Waals surface area contributed by atoms with Crippen molar-refractivity contribution in [3.63, 3.8) is 0 Å². The van der Waals surface area contributed by atoms with Crippen molar-refractivity contribution in [2.45, 2.75) is 31.7 Å². The summed E-state index contributed by atoms with van der Waals surface area (Å²) in [6.07, 6.45) is 8.62. The van der Waals surface area contributed by atoms with Crippen molar-refractivity contribution < 1.29 is 4.42 Å². The molecule has 96 valence electrons. The molecule has 3 atom stereocenters. The highest BCUT2D eigenvalue weighted by molar-refractivity contribution is 7.80. The number of thiocarbonyl (C=S) groups is 1. The van der Waals surface area contributed by atoms with E-state index in [-0.39, 0.29) is 0 Å². The molecule has 2 saturated carbocycles. The normalized spacial score (nSPS) is 29.9. The van der Waals surface area contributed by atoms with E-state index in [2.05, 4.69) is 15.8 Å². The predicted octanol–water partition coefficient (Wildman–Crippen LogP) is 2.27.